The summed E-state index contributed by atoms with van der Waals surface area (Å²) >= 11 is 6.50. The van der Waals surface area contributed by atoms with Crippen molar-refractivity contribution >= 4 is 35.6 Å². The number of aryl methyl sites for hydroxylation is 1. The van der Waals surface area contributed by atoms with Gasteiger partial charge in [0.1, 0.15) is 5.60 Å². The molecule has 2 aliphatic carbocycles. The third-order valence-corrected chi connectivity index (χ3v) is 7.98. The maximum Gasteiger partial charge on any atom is 0.410 e. The molecule has 9 nitrogen and oxygen atoms in total. The van der Waals surface area contributed by atoms with E-state index in [0.29, 0.717) is 24.1 Å². The summed E-state index contributed by atoms with van der Waals surface area (Å²) in [7, 11) is 0. The quantitative estimate of drug-likeness (QED) is 0.445. The van der Waals surface area contributed by atoms with Crippen LogP contribution in [0.1, 0.15) is 77.0 Å². The third kappa shape index (κ3) is 6.75. The Morgan fingerprint density at radius 3 is 2.69 bits per heavy atom. The van der Waals surface area contributed by atoms with Crippen LogP contribution in [0, 0.1) is 5.92 Å². The Kier molecular flexibility index (Phi) is 8.16. The van der Waals surface area contributed by atoms with Gasteiger partial charge in [-0.1, -0.05) is 23.8 Å². The zero-order chi connectivity index (χ0) is 27.6. The molecule has 1 aliphatic heterocycles. The molecule has 1 atom stereocenters. The van der Waals surface area contributed by atoms with Crippen molar-refractivity contribution in [2.24, 2.45) is 5.92 Å². The first-order chi connectivity index (χ1) is 18.7. The first-order valence-electron chi connectivity index (χ1n) is 14.1. The van der Waals surface area contributed by atoms with Crippen LogP contribution >= 0.6 is 11.6 Å². The van der Waals surface area contributed by atoms with Crippen molar-refractivity contribution in [2.45, 2.75) is 89.8 Å². The summed E-state index contributed by atoms with van der Waals surface area (Å²) in [5.41, 5.74) is 3.54. The summed E-state index contributed by atoms with van der Waals surface area (Å²) in [5.74, 6) is 0.410. The van der Waals surface area contributed by atoms with E-state index in [1.807, 2.05) is 27.0 Å². The summed E-state index contributed by atoms with van der Waals surface area (Å²) in [6.07, 6.45) is 14.8. The van der Waals surface area contributed by atoms with Crippen LogP contribution in [-0.4, -0.2) is 62.6 Å². The number of aromatic amines is 1. The Morgan fingerprint density at radius 2 is 1.92 bits per heavy atom. The Hall–Kier alpha value is -3.07. The molecule has 0 aromatic carbocycles. The number of carbonyl (C=O) groups is 2. The topological polar surface area (TPSA) is 112 Å². The Bertz CT molecular complexity index is 1230. The number of allylic oxidation sites excluding steroid dienone is 1. The number of nitrogens with zero attached hydrogens (tertiary/aromatic N) is 3. The standard InChI is InChI=1S/C29H39ClN6O3/c1-29(2,3)39-28(38)36-14-6-7-18(17-36)26(37)33-19-10-12-20(13-11-19)34-27-32-16-23(30)25(35-27)22-15-31-24-9-5-4-8-21(22)24/h4,8,15-16,18-20,31H,5-7,9-14,17H2,1-3H3,(H,33,37)(H,32,34,35). The minimum absolute atomic E-state index is 0.0363. The second-order valence-corrected chi connectivity index (χ2v) is 12.3. The van der Waals surface area contributed by atoms with Crippen LogP contribution in [0.3, 0.4) is 0 Å². The van der Waals surface area contributed by atoms with Crippen LogP contribution in [0.4, 0.5) is 10.7 Å². The van der Waals surface area contributed by atoms with Crippen LogP contribution in [0.5, 0.6) is 0 Å². The molecule has 1 saturated heterocycles. The van der Waals surface area contributed by atoms with Gasteiger partial charge >= 0.3 is 6.09 Å². The summed E-state index contributed by atoms with van der Waals surface area (Å²) in [6.45, 7) is 6.61. The van der Waals surface area contributed by atoms with Crippen molar-refractivity contribution in [2.75, 3.05) is 18.4 Å². The van der Waals surface area contributed by atoms with Crippen molar-refractivity contribution in [1.29, 1.82) is 0 Å². The van der Waals surface area contributed by atoms with Crippen LogP contribution in [0.15, 0.2) is 18.5 Å². The third-order valence-electron chi connectivity index (χ3n) is 7.70. The summed E-state index contributed by atoms with van der Waals surface area (Å²) in [6, 6.07) is 0.358. The van der Waals surface area contributed by atoms with Gasteiger partial charge in [-0.3, -0.25) is 4.79 Å². The lowest BCUT2D eigenvalue weighted by atomic mass is 9.90. The molecule has 1 unspecified atom stereocenters. The molecule has 1 saturated carbocycles. The van der Waals surface area contributed by atoms with Gasteiger partial charge in [-0.25, -0.2) is 14.8 Å². The second-order valence-electron chi connectivity index (χ2n) is 11.9. The van der Waals surface area contributed by atoms with Gasteiger partial charge in [0, 0.05) is 48.2 Å². The number of fused-ring (bicyclic) bond motifs is 1. The van der Waals surface area contributed by atoms with Gasteiger partial charge < -0.3 is 25.3 Å². The molecule has 2 aromatic rings. The highest BCUT2D eigenvalue weighted by Gasteiger charge is 2.32. The van der Waals surface area contributed by atoms with Gasteiger partial charge in [-0.15, -0.1) is 0 Å². The number of amides is 2. The fourth-order valence-corrected chi connectivity index (χ4v) is 5.88. The van der Waals surface area contributed by atoms with Crippen molar-refractivity contribution < 1.29 is 14.3 Å². The molecule has 3 heterocycles. The van der Waals surface area contributed by atoms with E-state index in [1.165, 1.54) is 5.69 Å². The van der Waals surface area contributed by atoms with E-state index >= 15 is 0 Å². The maximum atomic E-state index is 13.0. The van der Waals surface area contributed by atoms with Gasteiger partial charge in [-0.05, 0) is 72.1 Å². The van der Waals surface area contributed by atoms with Gasteiger partial charge in [0.2, 0.25) is 11.9 Å². The predicted molar refractivity (Wildman–Crippen MR) is 153 cm³/mol. The number of H-pyrrole nitrogens is 1. The first kappa shape index (κ1) is 27.5. The zero-order valence-electron chi connectivity index (χ0n) is 23.1. The average Bonchev–Trinajstić information content (AvgIpc) is 3.34. The molecule has 0 bridgehead atoms. The highest BCUT2D eigenvalue weighted by molar-refractivity contribution is 6.33. The summed E-state index contributed by atoms with van der Waals surface area (Å²) in [5, 5.41) is 7.25. The van der Waals surface area contributed by atoms with Gasteiger partial charge in [0.15, 0.2) is 0 Å². The lowest BCUT2D eigenvalue weighted by Gasteiger charge is -2.35. The van der Waals surface area contributed by atoms with Crippen LogP contribution in [0.25, 0.3) is 17.3 Å². The monoisotopic (exact) mass is 554 g/mol. The number of carbonyl (C=O) groups excluding carboxylic acids is 2. The first-order valence-corrected chi connectivity index (χ1v) is 14.5. The van der Waals surface area contributed by atoms with E-state index in [4.69, 9.17) is 21.3 Å². The molecule has 0 spiro atoms. The molecule has 2 fully saturated rings. The predicted octanol–water partition coefficient (Wildman–Crippen LogP) is 5.57. The number of piperidine rings is 1. The molecule has 210 valence electrons. The number of nitrogens with one attached hydrogen (secondary N) is 3. The fraction of sp³-hybridized carbons (Fsp3) is 0.586. The Labute approximate surface area is 235 Å². The zero-order valence-corrected chi connectivity index (χ0v) is 23.8. The van der Waals surface area contributed by atoms with Crippen molar-refractivity contribution in [3.63, 3.8) is 0 Å². The number of hydrogen-bond donors (Lipinski definition) is 3. The summed E-state index contributed by atoms with van der Waals surface area (Å²) < 4.78 is 5.50. The maximum absolute atomic E-state index is 13.0. The Balaban J connectivity index is 1.12. The number of aromatic nitrogens is 3. The van der Waals surface area contributed by atoms with E-state index in [1.54, 1.807) is 11.1 Å². The van der Waals surface area contributed by atoms with Gasteiger partial charge in [0.25, 0.3) is 0 Å². The number of halogens is 1. The summed E-state index contributed by atoms with van der Waals surface area (Å²) in [4.78, 5) is 39.7. The Morgan fingerprint density at radius 1 is 1.15 bits per heavy atom. The number of rotatable bonds is 5. The number of ether oxygens (including phenoxy) is 1. The SMILES string of the molecule is CC(C)(C)OC(=O)N1CCCC(C(=O)NC2CCC(Nc3ncc(Cl)c(-c4c[nH]c5c4C=CCC5)n3)CC2)C1. The number of hydrogen-bond acceptors (Lipinski definition) is 6. The largest absolute Gasteiger partial charge is 0.444 e. The lowest BCUT2D eigenvalue weighted by molar-refractivity contribution is -0.127. The molecule has 0 radical (unpaired) electrons. The van der Waals surface area contributed by atoms with Crippen molar-refractivity contribution in [3.05, 3.63) is 34.7 Å². The van der Waals surface area contributed by atoms with Crippen molar-refractivity contribution in [3.8, 4) is 11.3 Å². The van der Waals surface area contributed by atoms with Crippen LogP contribution < -0.4 is 10.6 Å². The molecular formula is C29H39ClN6O3. The minimum Gasteiger partial charge on any atom is -0.444 e. The molecule has 2 aromatic heterocycles. The van der Waals surface area contributed by atoms with E-state index in [0.717, 1.165) is 68.2 Å². The van der Waals surface area contributed by atoms with E-state index in [2.05, 4.69) is 32.8 Å². The van der Waals surface area contributed by atoms with E-state index in [9.17, 15) is 9.59 Å². The fourth-order valence-electron chi connectivity index (χ4n) is 5.69. The molecule has 3 aliphatic rings. The highest BCUT2D eigenvalue weighted by atomic mass is 35.5. The molecule has 39 heavy (non-hydrogen) atoms. The van der Waals surface area contributed by atoms with E-state index < -0.39 is 5.60 Å². The average molecular weight is 555 g/mol. The molecule has 10 heteroatoms. The lowest BCUT2D eigenvalue weighted by Crippen LogP contribution is -2.49. The second kappa shape index (κ2) is 11.6. The molecular weight excluding hydrogens is 516 g/mol. The van der Waals surface area contributed by atoms with Gasteiger partial charge in [-0.2, -0.15) is 0 Å². The van der Waals surface area contributed by atoms with Crippen molar-refractivity contribution in [1.82, 2.24) is 25.2 Å². The van der Waals surface area contributed by atoms with E-state index in [-0.39, 0.29) is 30.0 Å². The molecule has 5 rings (SSSR count). The van der Waals surface area contributed by atoms with Gasteiger partial charge in [0.05, 0.1) is 22.8 Å². The molecule has 3 N–H and O–H groups in total. The highest BCUT2D eigenvalue weighted by Crippen LogP contribution is 2.34. The molecule has 2 amide bonds. The van der Waals surface area contributed by atoms with Crippen LogP contribution in [0.2, 0.25) is 5.02 Å². The minimum atomic E-state index is -0.545. The number of anilines is 1. The normalized spacial score (nSPS) is 23.2. The smallest absolute Gasteiger partial charge is 0.410 e. The number of likely N-dealkylation sites (tertiary alicyclic amines) is 1. The van der Waals surface area contributed by atoms with Crippen LogP contribution in [-0.2, 0) is 16.0 Å².